The van der Waals surface area contributed by atoms with Crippen LogP contribution in [-0.4, -0.2) is 42.8 Å². The van der Waals surface area contributed by atoms with Gasteiger partial charge in [0.05, 0.1) is 12.2 Å². The Morgan fingerprint density at radius 1 is 1.35 bits per heavy atom. The second kappa shape index (κ2) is 6.17. The Kier molecular flexibility index (Phi) is 5.42. The third-order valence-electron chi connectivity index (χ3n) is 4.27. The van der Waals surface area contributed by atoms with Crippen molar-refractivity contribution in [3.8, 4) is 0 Å². The predicted octanol–water partition coefficient (Wildman–Crippen LogP) is 2.25. The van der Waals surface area contributed by atoms with Gasteiger partial charge in [0.1, 0.15) is 0 Å². The van der Waals surface area contributed by atoms with E-state index in [1.165, 1.54) is 6.42 Å². The van der Waals surface area contributed by atoms with Gasteiger partial charge >= 0.3 is 0 Å². The summed E-state index contributed by atoms with van der Waals surface area (Å²) in [5, 5.41) is 0. The summed E-state index contributed by atoms with van der Waals surface area (Å²) in [7, 11) is 2.23. The van der Waals surface area contributed by atoms with Gasteiger partial charge in [-0.25, -0.2) is 0 Å². The number of nitrogens with zero attached hydrogens (tertiary/aromatic N) is 1. The molecular formula is C14H30N2O. The van der Waals surface area contributed by atoms with Crippen molar-refractivity contribution in [1.82, 2.24) is 4.90 Å². The molecule has 17 heavy (non-hydrogen) atoms. The molecule has 102 valence electrons. The first-order valence-electron chi connectivity index (χ1n) is 7.00. The van der Waals surface area contributed by atoms with Crippen molar-refractivity contribution in [1.29, 1.82) is 0 Å². The van der Waals surface area contributed by atoms with Gasteiger partial charge in [-0.1, -0.05) is 20.3 Å². The first-order chi connectivity index (χ1) is 7.93. The Morgan fingerprint density at radius 2 is 1.88 bits per heavy atom. The van der Waals surface area contributed by atoms with Crippen molar-refractivity contribution < 1.29 is 4.74 Å². The Hall–Kier alpha value is -0.120. The maximum absolute atomic E-state index is 6.08. The normalized spacial score (nSPS) is 36.2. The van der Waals surface area contributed by atoms with Crippen LogP contribution in [0.5, 0.6) is 0 Å². The lowest BCUT2D eigenvalue weighted by Gasteiger charge is -2.48. The average molecular weight is 242 g/mol. The quantitative estimate of drug-likeness (QED) is 0.803. The van der Waals surface area contributed by atoms with E-state index in [9.17, 15) is 0 Å². The van der Waals surface area contributed by atoms with Crippen molar-refractivity contribution in [3.63, 3.8) is 0 Å². The third-order valence-corrected chi connectivity index (χ3v) is 4.27. The number of nitrogens with two attached hydrogens (primary N) is 1. The minimum absolute atomic E-state index is 0.139. The highest BCUT2D eigenvalue weighted by Gasteiger charge is 2.40. The Morgan fingerprint density at radius 3 is 2.29 bits per heavy atom. The largest absolute Gasteiger partial charge is 0.375 e. The van der Waals surface area contributed by atoms with Crippen molar-refractivity contribution in [2.75, 3.05) is 20.1 Å². The van der Waals surface area contributed by atoms with E-state index in [0.29, 0.717) is 12.2 Å². The average Bonchev–Trinajstić information content (AvgIpc) is 2.27. The molecule has 3 heteroatoms. The van der Waals surface area contributed by atoms with Gasteiger partial charge in [-0.15, -0.1) is 0 Å². The zero-order chi connectivity index (χ0) is 13.1. The van der Waals surface area contributed by atoms with Crippen molar-refractivity contribution >= 4 is 0 Å². The molecule has 0 aliphatic carbocycles. The smallest absolute Gasteiger partial charge is 0.0568 e. The molecule has 1 saturated heterocycles. The number of ether oxygens (including phenoxy) is 1. The first kappa shape index (κ1) is 14.9. The Balaban J connectivity index is 2.72. The standard InChI is InChI=1S/C14H30N2O/c1-6-11(2)9-16(5)14(10-15)7-12(3)17-13(4)8-14/h11-13H,6-10,15H2,1-5H3. The fourth-order valence-corrected chi connectivity index (χ4v) is 3.07. The molecule has 0 saturated carbocycles. The maximum atomic E-state index is 6.08. The van der Waals surface area contributed by atoms with E-state index in [2.05, 4.69) is 39.6 Å². The Bertz CT molecular complexity index is 222. The highest BCUT2D eigenvalue weighted by molar-refractivity contribution is 4.96. The third kappa shape index (κ3) is 3.67. The highest BCUT2D eigenvalue weighted by atomic mass is 16.5. The molecule has 0 aromatic heterocycles. The molecule has 0 bridgehead atoms. The molecule has 0 amide bonds. The summed E-state index contributed by atoms with van der Waals surface area (Å²) in [5.74, 6) is 0.733. The molecule has 0 spiro atoms. The van der Waals surface area contributed by atoms with E-state index in [1.54, 1.807) is 0 Å². The van der Waals surface area contributed by atoms with Crippen LogP contribution in [0.4, 0.5) is 0 Å². The van der Waals surface area contributed by atoms with Crippen LogP contribution in [0.1, 0.15) is 47.0 Å². The van der Waals surface area contributed by atoms with E-state index in [-0.39, 0.29) is 5.54 Å². The molecular weight excluding hydrogens is 212 g/mol. The topological polar surface area (TPSA) is 38.5 Å². The maximum Gasteiger partial charge on any atom is 0.0568 e. The molecule has 1 aliphatic rings. The van der Waals surface area contributed by atoms with Crippen LogP contribution in [0.15, 0.2) is 0 Å². The lowest BCUT2D eigenvalue weighted by Crippen LogP contribution is -2.59. The zero-order valence-corrected chi connectivity index (χ0v) is 12.2. The van der Waals surface area contributed by atoms with Gasteiger partial charge < -0.3 is 10.5 Å². The van der Waals surface area contributed by atoms with Crippen LogP contribution in [0.25, 0.3) is 0 Å². The van der Waals surface area contributed by atoms with Crippen LogP contribution in [0, 0.1) is 5.92 Å². The molecule has 0 aromatic carbocycles. The lowest BCUT2D eigenvalue weighted by atomic mass is 9.82. The summed E-state index contributed by atoms with van der Waals surface area (Å²) in [6.07, 6.45) is 3.98. The molecule has 1 aliphatic heterocycles. The van der Waals surface area contributed by atoms with E-state index in [0.717, 1.165) is 31.8 Å². The van der Waals surface area contributed by atoms with Crippen molar-refractivity contribution in [3.05, 3.63) is 0 Å². The molecule has 0 radical (unpaired) electrons. The summed E-state index contributed by atoms with van der Waals surface area (Å²) >= 11 is 0. The molecule has 1 rings (SSSR count). The molecule has 2 N–H and O–H groups in total. The van der Waals surface area contributed by atoms with Gasteiger partial charge in [0.25, 0.3) is 0 Å². The SMILES string of the molecule is CCC(C)CN(C)C1(CN)CC(C)OC(C)C1. The van der Waals surface area contributed by atoms with E-state index in [4.69, 9.17) is 10.5 Å². The van der Waals surface area contributed by atoms with E-state index < -0.39 is 0 Å². The monoisotopic (exact) mass is 242 g/mol. The molecule has 1 fully saturated rings. The lowest BCUT2D eigenvalue weighted by molar-refractivity contribution is -0.0995. The van der Waals surface area contributed by atoms with Crippen LogP contribution in [-0.2, 0) is 4.74 Å². The number of likely N-dealkylation sites (N-methyl/N-ethyl adjacent to an activating group) is 1. The number of hydrogen-bond donors (Lipinski definition) is 1. The fraction of sp³-hybridized carbons (Fsp3) is 1.00. The van der Waals surface area contributed by atoms with Crippen LogP contribution < -0.4 is 5.73 Å². The van der Waals surface area contributed by atoms with Gasteiger partial charge in [-0.2, -0.15) is 0 Å². The Labute approximate surface area is 107 Å². The van der Waals surface area contributed by atoms with Gasteiger partial charge in [0.2, 0.25) is 0 Å². The summed E-state index contributed by atoms with van der Waals surface area (Å²) in [6, 6.07) is 0. The van der Waals surface area contributed by atoms with Gasteiger partial charge in [0.15, 0.2) is 0 Å². The van der Waals surface area contributed by atoms with Crippen LogP contribution in [0.2, 0.25) is 0 Å². The minimum Gasteiger partial charge on any atom is -0.375 e. The summed E-state index contributed by atoms with van der Waals surface area (Å²) in [5.41, 5.74) is 6.22. The van der Waals surface area contributed by atoms with Gasteiger partial charge in [-0.3, -0.25) is 4.90 Å². The fourth-order valence-electron chi connectivity index (χ4n) is 3.07. The molecule has 3 unspecified atom stereocenters. The summed E-state index contributed by atoms with van der Waals surface area (Å²) in [6.45, 7) is 10.8. The molecule has 3 atom stereocenters. The predicted molar refractivity (Wildman–Crippen MR) is 73.1 cm³/mol. The highest BCUT2D eigenvalue weighted by Crippen LogP contribution is 2.33. The summed E-state index contributed by atoms with van der Waals surface area (Å²) < 4.78 is 5.84. The zero-order valence-electron chi connectivity index (χ0n) is 12.2. The second-order valence-electron chi connectivity index (χ2n) is 5.99. The minimum atomic E-state index is 0.139. The first-order valence-corrected chi connectivity index (χ1v) is 7.00. The van der Waals surface area contributed by atoms with E-state index >= 15 is 0 Å². The van der Waals surface area contributed by atoms with Crippen LogP contribution >= 0.6 is 0 Å². The van der Waals surface area contributed by atoms with Crippen LogP contribution in [0.3, 0.4) is 0 Å². The number of rotatable bonds is 5. The molecule has 0 aromatic rings. The molecule has 3 nitrogen and oxygen atoms in total. The summed E-state index contributed by atoms with van der Waals surface area (Å²) in [4.78, 5) is 2.48. The van der Waals surface area contributed by atoms with E-state index in [1.807, 2.05) is 0 Å². The molecule has 1 heterocycles. The second-order valence-corrected chi connectivity index (χ2v) is 5.99. The number of hydrogen-bond acceptors (Lipinski definition) is 3. The van der Waals surface area contributed by atoms with Crippen molar-refractivity contribution in [2.45, 2.75) is 64.7 Å². The van der Waals surface area contributed by atoms with Gasteiger partial charge in [0, 0.05) is 18.6 Å². The van der Waals surface area contributed by atoms with Gasteiger partial charge in [-0.05, 0) is 39.7 Å². The van der Waals surface area contributed by atoms with Crippen molar-refractivity contribution in [2.24, 2.45) is 11.7 Å².